The third kappa shape index (κ3) is 4.02. The minimum absolute atomic E-state index is 0.0930. The number of halogens is 3. The van der Waals surface area contributed by atoms with Crippen LogP contribution in [0.25, 0.3) is 0 Å². The van der Waals surface area contributed by atoms with Crippen molar-refractivity contribution in [3.63, 3.8) is 0 Å². The van der Waals surface area contributed by atoms with Gasteiger partial charge < -0.3 is 5.11 Å². The van der Waals surface area contributed by atoms with Crippen molar-refractivity contribution in [1.29, 1.82) is 0 Å². The Morgan fingerprint density at radius 2 is 1.96 bits per heavy atom. The molecule has 1 aromatic heterocycles. The molecule has 0 radical (unpaired) electrons. The molecule has 6 nitrogen and oxygen atoms in total. The number of carbonyl (C=O) groups excluding carboxylic acids is 1. The molecule has 0 aliphatic heterocycles. The zero-order valence-electron chi connectivity index (χ0n) is 11.5. The van der Waals surface area contributed by atoms with E-state index in [9.17, 15) is 22.8 Å². The SMILES string of the molecule is O=C(O)c1cccc(CN(C(=O)C(F)(F)F)c2ccncn2)c1. The highest BCUT2D eigenvalue weighted by molar-refractivity contribution is 5.96. The van der Waals surface area contributed by atoms with Crippen LogP contribution in [0.15, 0.2) is 42.9 Å². The van der Waals surface area contributed by atoms with Crippen molar-refractivity contribution < 1.29 is 27.9 Å². The van der Waals surface area contributed by atoms with Crippen LogP contribution in [0.2, 0.25) is 0 Å². The van der Waals surface area contributed by atoms with Crippen LogP contribution in [0.4, 0.5) is 19.0 Å². The summed E-state index contributed by atoms with van der Waals surface area (Å²) in [5.74, 6) is -3.55. The van der Waals surface area contributed by atoms with Crippen LogP contribution in [0.3, 0.4) is 0 Å². The molecule has 0 saturated heterocycles. The minimum atomic E-state index is -5.09. The Kier molecular flexibility index (Phi) is 4.58. The molecule has 1 aromatic carbocycles. The molecule has 1 N–H and O–H groups in total. The average Bonchev–Trinajstić information content (AvgIpc) is 2.52. The standard InChI is InChI=1S/C14H10F3N3O3/c15-14(16,17)13(23)20(11-4-5-18-8-19-11)7-9-2-1-3-10(6-9)12(21)22/h1-6,8H,7H2,(H,21,22). The fraction of sp³-hybridized carbons (Fsp3) is 0.143. The van der Waals surface area contributed by atoms with Crippen LogP contribution in [-0.4, -0.2) is 33.1 Å². The highest BCUT2D eigenvalue weighted by Crippen LogP contribution is 2.24. The molecule has 1 amide bonds. The Morgan fingerprint density at radius 3 is 2.52 bits per heavy atom. The van der Waals surface area contributed by atoms with Crippen molar-refractivity contribution in [2.75, 3.05) is 4.90 Å². The summed E-state index contributed by atoms with van der Waals surface area (Å²) < 4.78 is 38.3. The third-order valence-corrected chi connectivity index (χ3v) is 2.85. The maximum atomic E-state index is 12.8. The van der Waals surface area contributed by atoms with Crippen molar-refractivity contribution in [1.82, 2.24) is 9.97 Å². The summed E-state index contributed by atoms with van der Waals surface area (Å²) in [4.78, 5) is 30.2. The molecule has 0 saturated carbocycles. The van der Waals surface area contributed by atoms with Crippen LogP contribution in [0.5, 0.6) is 0 Å². The summed E-state index contributed by atoms with van der Waals surface area (Å²) in [5.41, 5.74) is 0.130. The Morgan fingerprint density at radius 1 is 1.22 bits per heavy atom. The van der Waals surface area contributed by atoms with Crippen LogP contribution in [0.1, 0.15) is 15.9 Å². The molecule has 0 unspecified atom stereocenters. The summed E-state index contributed by atoms with van der Waals surface area (Å²) in [6, 6.07) is 6.45. The van der Waals surface area contributed by atoms with Gasteiger partial charge in [-0.1, -0.05) is 12.1 Å². The lowest BCUT2D eigenvalue weighted by Gasteiger charge is -2.22. The zero-order valence-corrected chi connectivity index (χ0v) is 11.5. The van der Waals surface area contributed by atoms with E-state index in [0.717, 1.165) is 12.4 Å². The molecular formula is C14H10F3N3O3. The zero-order chi connectivity index (χ0) is 17.0. The molecule has 23 heavy (non-hydrogen) atoms. The first-order valence-electron chi connectivity index (χ1n) is 6.26. The second kappa shape index (κ2) is 6.42. The number of anilines is 1. The number of hydrogen-bond donors (Lipinski definition) is 1. The first-order valence-corrected chi connectivity index (χ1v) is 6.26. The first-order chi connectivity index (χ1) is 10.8. The van der Waals surface area contributed by atoms with Crippen molar-refractivity contribution in [3.05, 3.63) is 54.0 Å². The van der Waals surface area contributed by atoms with Gasteiger partial charge in [0.2, 0.25) is 0 Å². The van der Waals surface area contributed by atoms with Gasteiger partial charge in [0.15, 0.2) is 0 Å². The number of aromatic nitrogens is 2. The molecule has 0 bridgehead atoms. The summed E-state index contributed by atoms with van der Waals surface area (Å²) in [6.07, 6.45) is -2.87. The largest absolute Gasteiger partial charge is 0.478 e. The van der Waals surface area contributed by atoms with Gasteiger partial charge in [-0.25, -0.2) is 14.8 Å². The van der Waals surface area contributed by atoms with Gasteiger partial charge in [0.25, 0.3) is 0 Å². The van der Waals surface area contributed by atoms with E-state index in [1.807, 2.05) is 0 Å². The van der Waals surface area contributed by atoms with E-state index >= 15 is 0 Å². The lowest BCUT2D eigenvalue weighted by atomic mass is 10.1. The van der Waals surface area contributed by atoms with Crippen molar-refractivity contribution in [3.8, 4) is 0 Å². The molecule has 0 aliphatic rings. The van der Waals surface area contributed by atoms with E-state index in [1.54, 1.807) is 0 Å². The normalized spacial score (nSPS) is 11.1. The lowest BCUT2D eigenvalue weighted by Crippen LogP contribution is -2.41. The quantitative estimate of drug-likeness (QED) is 0.932. The number of carboxylic acids is 1. The topological polar surface area (TPSA) is 83.4 Å². The molecule has 0 atom stereocenters. The highest BCUT2D eigenvalue weighted by Gasteiger charge is 2.43. The van der Waals surface area contributed by atoms with Gasteiger partial charge in [-0.3, -0.25) is 9.69 Å². The Balaban J connectivity index is 2.37. The second-order valence-corrected chi connectivity index (χ2v) is 4.46. The summed E-state index contributed by atoms with van der Waals surface area (Å²) in [6.45, 7) is -0.476. The number of amides is 1. The van der Waals surface area contributed by atoms with Gasteiger partial charge >= 0.3 is 18.1 Å². The van der Waals surface area contributed by atoms with E-state index in [-0.39, 0.29) is 16.9 Å². The van der Waals surface area contributed by atoms with E-state index in [2.05, 4.69) is 9.97 Å². The van der Waals surface area contributed by atoms with Crippen molar-refractivity contribution in [2.45, 2.75) is 12.7 Å². The monoisotopic (exact) mass is 325 g/mol. The third-order valence-electron chi connectivity index (χ3n) is 2.85. The van der Waals surface area contributed by atoms with E-state index in [0.29, 0.717) is 4.90 Å². The van der Waals surface area contributed by atoms with E-state index in [4.69, 9.17) is 5.11 Å². The fourth-order valence-electron chi connectivity index (χ4n) is 1.84. The number of hydrogen-bond acceptors (Lipinski definition) is 4. The molecule has 1 heterocycles. The Bertz CT molecular complexity index is 720. The van der Waals surface area contributed by atoms with Crippen LogP contribution >= 0.6 is 0 Å². The molecule has 120 valence electrons. The van der Waals surface area contributed by atoms with Gasteiger partial charge in [-0.15, -0.1) is 0 Å². The summed E-state index contributed by atoms with van der Waals surface area (Å²) in [5, 5.41) is 8.92. The maximum Gasteiger partial charge on any atom is 0.471 e. The van der Waals surface area contributed by atoms with Gasteiger partial charge in [0, 0.05) is 6.20 Å². The second-order valence-electron chi connectivity index (χ2n) is 4.46. The number of alkyl halides is 3. The fourth-order valence-corrected chi connectivity index (χ4v) is 1.84. The predicted molar refractivity (Wildman–Crippen MR) is 72.7 cm³/mol. The number of aromatic carboxylic acids is 1. The summed E-state index contributed by atoms with van der Waals surface area (Å²) in [7, 11) is 0. The molecular weight excluding hydrogens is 315 g/mol. The van der Waals surface area contributed by atoms with E-state index in [1.165, 1.54) is 30.5 Å². The van der Waals surface area contributed by atoms with Gasteiger partial charge in [-0.2, -0.15) is 13.2 Å². The number of benzene rings is 1. The first kappa shape index (κ1) is 16.4. The molecule has 0 aliphatic carbocycles. The number of nitrogens with zero attached hydrogens (tertiary/aromatic N) is 3. The lowest BCUT2D eigenvalue weighted by molar-refractivity contribution is -0.170. The van der Waals surface area contributed by atoms with Crippen LogP contribution in [0, 0.1) is 0 Å². The number of carboxylic acid groups (broad SMARTS) is 1. The summed E-state index contributed by atoms with van der Waals surface area (Å²) >= 11 is 0. The average molecular weight is 325 g/mol. The number of carbonyl (C=O) groups is 2. The highest BCUT2D eigenvalue weighted by atomic mass is 19.4. The van der Waals surface area contributed by atoms with Gasteiger partial charge in [0.1, 0.15) is 12.1 Å². The minimum Gasteiger partial charge on any atom is -0.478 e. The maximum absolute atomic E-state index is 12.8. The molecule has 2 aromatic rings. The van der Waals surface area contributed by atoms with Crippen molar-refractivity contribution in [2.24, 2.45) is 0 Å². The number of rotatable bonds is 4. The smallest absolute Gasteiger partial charge is 0.471 e. The van der Waals surface area contributed by atoms with Crippen molar-refractivity contribution >= 4 is 17.7 Å². The van der Waals surface area contributed by atoms with Gasteiger partial charge in [0.05, 0.1) is 12.1 Å². The Hall–Kier alpha value is -2.97. The molecule has 2 rings (SSSR count). The van der Waals surface area contributed by atoms with Crippen LogP contribution < -0.4 is 4.90 Å². The Labute approximate surface area is 128 Å². The van der Waals surface area contributed by atoms with E-state index < -0.39 is 24.6 Å². The molecule has 0 spiro atoms. The van der Waals surface area contributed by atoms with Crippen LogP contribution in [-0.2, 0) is 11.3 Å². The molecule has 0 fully saturated rings. The predicted octanol–water partition coefficient (Wildman–Crippen LogP) is 2.27. The van der Waals surface area contributed by atoms with Gasteiger partial charge in [-0.05, 0) is 23.8 Å². The molecule has 9 heteroatoms.